The van der Waals surface area contributed by atoms with Gasteiger partial charge in [-0.25, -0.2) is 0 Å². The van der Waals surface area contributed by atoms with E-state index < -0.39 is 0 Å². The topological polar surface area (TPSA) is 33.0 Å². The highest BCUT2D eigenvalue weighted by molar-refractivity contribution is 9.10. The minimum absolute atomic E-state index is 0.0627. The van der Waals surface area contributed by atoms with Gasteiger partial charge < -0.3 is 4.74 Å². The molecule has 1 atom stereocenters. The molecule has 2 nitrogen and oxygen atoms in total. The Morgan fingerprint density at radius 1 is 1.67 bits per heavy atom. The van der Waals surface area contributed by atoms with Crippen LogP contribution in [0.4, 0.5) is 0 Å². The number of halogens is 1. The molecule has 0 radical (unpaired) electrons. The Labute approximate surface area is 98.3 Å². The minimum Gasteiger partial charge on any atom is -0.489 e. The third kappa shape index (κ3) is 3.41. The molecule has 0 aliphatic rings. The van der Waals surface area contributed by atoms with E-state index in [1.165, 1.54) is 0 Å². The molecular weight excluding hydrogens is 254 g/mol. The van der Waals surface area contributed by atoms with E-state index in [1.807, 2.05) is 19.1 Å². The van der Waals surface area contributed by atoms with Gasteiger partial charge in [-0.3, -0.25) is 0 Å². The lowest BCUT2D eigenvalue weighted by Crippen LogP contribution is -2.10. The van der Waals surface area contributed by atoms with Gasteiger partial charge in [-0.2, -0.15) is 5.26 Å². The molecule has 0 fully saturated rings. The first-order valence-corrected chi connectivity index (χ1v) is 5.44. The van der Waals surface area contributed by atoms with Gasteiger partial charge in [0, 0.05) is 6.42 Å². The zero-order valence-electron chi connectivity index (χ0n) is 8.53. The number of ether oxygens (including phenoxy) is 1. The second kappa shape index (κ2) is 5.57. The van der Waals surface area contributed by atoms with E-state index in [9.17, 15) is 0 Å². The smallest absolute Gasteiger partial charge is 0.135 e. The highest BCUT2D eigenvalue weighted by atomic mass is 79.9. The van der Waals surface area contributed by atoms with Gasteiger partial charge in [-0.15, -0.1) is 6.58 Å². The van der Waals surface area contributed by atoms with Gasteiger partial charge in [-0.05, 0) is 41.1 Å². The maximum Gasteiger partial charge on any atom is 0.135 e. The normalized spacial score (nSPS) is 11.5. The molecule has 0 heterocycles. The standard InChI is InChI=1S/C12H12BrNO/c1-3-4-9(2)15-12-7-10(8-14)5-6-11(12)13/h3,5-7,9H,1,4H2,2H3. The van der Waals surface area contributed by atoms with Crippen LogP contribution in [0.25, 0.3) is 0 Å². The number of hydrogen-bond donors (Lipinski definition) is 0. The van der Waals surface area contributed by atoms with Crippen molar-refractivity contribution in [3.63, 3.8) is 0 Å². The molecule has 78 valence electrons. The average molecular weight is 266 g/mol. The van der Waals surface area contributed by atoms with Crippen LogP contribution in [0.3, 0.4) is 0 Å². The van der Waals surface area contributed by atoms with E-state index >= 15 is 0 Å². The molecule has 1 unspecified atom stereocenters. The number of hydrogen-bond acceptors (Lipinski definition) is 2. The molecule has 0 bridgehead atoms. The Kier molecular flexibility index (Phi) is 4.38. The largest absolute Gasteiger partial charge is 0.489 e. The van der Waals surface area contributed by atoms with Crippen molar-refractivity contribution < 1.29 is 4.74 Å². The van der Waals surface area contributed by atoms with Crippen LogP contribution in [0.15, 0.2) is 35.3 Å². The quantitative estimate of drug-likeness (QED) is 0.779. The lowest BCUT2D eigenvalue weighted by atomic mass is 10.2. The second-order valence-corrected chi connectivity index (χ2v) is 4.06. The maximum atomic E-state index is 8.75. The molecule has 0 amide bonds. The van der Waals surface area contributed by atoms with Crippen LogP contribution in [0.2, 0.25) is 0 Å². The molecule has 0 spiro atoms. The zero-order chi connectivity index (χ0) is 11.3. The molecular formula is C12H12BrNO. The lowest BCUT2D eigenvalue weighted by Gasteiger charge is -2.14. The Hall–Kier alpha value is -1.27. The summed E-state index contributed by atoms with van der Waals surface area (Å²) in [7, 11) is 0. The number of rotatable bonds is 4. The van der Waals surface area contributed by atoms with Crippen molar-refractivity contribution in [2.45, 2.75) is 19.4 Å². The maximum absolute atomic E-state index is 8.75. The van der Waals surface area contributed by atoms with Gasteiger partial charge in [-0.1, -0.05) is 6.08 Å². The predicted octanol–water partition coefficient (Wildman–Crippen LogP) is 3.66. The van der Waals surface area contributed by atoms with E-state index in [0.29, 0.717) is 11.3 Å². The van der Waals surface area contributed by atoms with Crippen molar-refractivity contribution in [3.05, 3.63) is 40.9 Å². The van der Waals surface area contributed by atoms with Gasteiger partial charge >= 0.3 is 0 Å². The van der Waals surface area contributed by atoms with E-state index in [2.05, 4.69) is 28.6 Å². The Balaban J connectivity index is 2.84. The highest BCUT2D eigenvalue weighted by Crippen LogP contribution is 2.27. The van der Waals surface area contributed by atoms with Crippen molar-refractivity contribution in [2.24, 2.45) is 0 Å². The van der Waals surface area contributed by atoms with Crippen LogP contribution >= 0.6 is 15.9 Å². The van der Waals surface area contributed by atoms with Crippen LogP contribution in [0.1, 0.15) is 18.9 Å². The third-order valence-corrected chi connectivity index (χ3v) is 2.54. The van der Waals surface area contributed by atoms with E-state index in [4.69, 9.17) is 10.00 Å². The highest BCUT2D eigenvalue weighted by Gasteiger charge is 2.06. The van der Waals surface area contributed by atoms with Crippen LogP contribution in [-0.4, -0.2) is 6.10 Å². The molecule has 0 aliphatic carbocycles. The van der Waals surface area contributed by atoms with Crippen molar-refractivity contribution in [1.82, 2.24) is 0 Å². The monoisotopic (exact) mass is 265 g/mol. The molecule has 1 rings (SSSR count). The van der Waals surface area contributed by atoms with E-state index in [-0.39, 0.29) is 6.10 Å². The molecule has 0 aliphatic heterocycles. The lowest BCUT2D eigenvalue weighted by molar-refractivity contribution is 0.224. The minimum atomic E-state index is 0.0627. The molecule has 0 saturated carbocycles. The van der Waals surface area contributed by atoms with Crippen molar-refractivity contribution in [2.75, 3.05) is 0 Å². The molecule has 3 heteroatoms. The van der Waals surface area contributed by atoms with Crippen molar-refractivity contribution in [1.29, 1.82) is 5.26 Å². The first kappa shape index (κ1) is 11.8. The SMILES string of the molecule is C=CCC(C)Oc1cc(C#N)ccc1Br. The van der Waals surface area contributed by atoms with Gasteiger partial charge in [0.25, 0.3) is 0 Å². The third-order valence-electron chi connectivity index (χ3n) is 1.89. The summed E-state index contributed by atoms with van der Waals surface area (Å²) >= 11 is 3.38. The van der Waals surface area contributed by atoms with Crippen LogP contribution in [0, 0.1) is 11.3 Å². The van der Waals surface area contributed by atoms with Gasteiger partial charge in [0.05, 0.1) is 22.2 Å². The van der Waals surface area contributed by atoms with Crippen LogP contribution < -0.4 is 4.74 Å². The summed E-state index contributed by atoms with van der Waals surface area (Å²) in [6.45, 7) is 5.62. The van der Waals surface area contributed by atoms with E-state index in [0.717, 1.165) is 10.9 Å². The van der Waals surface area contributed by atoms with Crippen LogP contribution in [-0.2, 0) is 0 Å². The summed E-state index contributed by atoms with van der Waals surface area (Å²) in [6.07, 6.45) is 2.66. The Morgan fingerprint density at radius 3 is 3.00 bits per heavy atom. The molecule has 1 aromatic rings. The second-order valence-electron chi connectivity index (χ2n) is 3.21. The Bertz CT molecular complexity index is 395. The Morgan fingerprint density at radius 2 is 2.40 bits per heavy atom. The first-order valence-electron chi connectivity index (χ1n) is 4.64. The van der Waals surface area contributed by atoms with Crippen molar-refractivity contribution in [3.8, 4) is 11.8 Å². The van der Waals surface area contributed by atoms with Gasteiger partial charge in [0.1, 0.15) is 5.75 Å². The number of nitriles is 1. The summed E-state index contributed by atoms with van der Waals surface area (Å²) in [5.74, 6) is 0.698. The van der Waals surface area contributed by atoms with Gasteiger partial charge in [0.2, 0.25) is 0 Å². The number of nitrogens with zero attached hydrogens (tertiary/aromatic N) is 1. The zero-order valence-corrected chi connectivity index (χ0v) is 10.1. The molecule has 1 aromatic carbocycles. The fraction of sp³-hybridized carbons (Fsp3) is 0.250. The number of benzene rings is 1. The van der Waals surface area contributed by atoms with E-state index in [1.54, 1.807) is 12.1 Å². The molecule has 0 saturated heterocycles. The molecule has 0 aromatic heterocycles. The summed E-state index contributed by atoms with van der Waals surface area (Å²) in [5.41, 5.74) is 0.596. The summed E-state index contributed by atoms with van der Waals surface area (Å²) in [6, 6.07) is 7.36. The summed E-state index contributed by atoms with van der Waals surface area (Å²) < 4.78 is 6.52. The summed E-state index contributed by atoms with van der Waals surface area (Å²) in [4.78, 5) is 0. The first-order chi connectivity index (χ1) is 7.17. The fourth-order valence-electron chi connectivity index (χ4n) is 1.16. The van der Waals surface area contributed by atoms with Crippen molar-refractivity contribution >= 4 is 15.9 Å². The molecule has 0 N–H and O–H groups in total. The average Bonchev–Trinajstić information content (AvgIpc) is 2.21. The van der Waals surface area contributed by atoms with Crippen LogP contribution in [0.5, 0.6) is 5.75 Å². The predicted molar refractivity (Wildman–Crippen MR) is 63.8 cm³/mol. The van der Waals surface area contributed by atoms with Gasteiger partial charge in [0.15, 0.2) is 0 Å². The molecule has 15 heavy (non-hydrogen) atoms. The summed E-state index contributed by atoms with van der Waals surface area (Å²) in [5, 5.41) is 8.75. The fourth-order valence-corrected chi connectivity index (χ4v) is 1.50.